The second-order valence-electron chi connectivity index (χ2n) is 5.05. The van der Waals surface area contributed by atoms with Crippen molar-refractivity contribution in [1.29, 1.82) is 0 Å². The van der Waals surface area contributed by atoms with Crippen molar-refractivity contribution in [2.75, 3.05) is 36.9 Å². The van der Waals surface area contributed by atoms with Crippen LogP contribution in [0.5, 0.6) is 0 Å². The van der Waals surface area contributed by atoms with Crippen LogP contribution in [0.15, 0.2) is 17.4 Å². The summed E-state index contributed by atoms with van der Waals surface area (Å²) in [6.45, 7) is 2.98. The van der Waals surface area contributed by atoms with E-state index in [1.54, 1.807) is 0 Å². The second kappa shape index (κ2) is 7.08. The summed E-state index contributed by atoms with van der Waals surface area (Å²) in [6.07, 6.45) is -3.45. The van der Waals surface area contributed by atoms with Crippen molar-refractivity contribution in [3.05, 3.63) is 22.8 Å². The lowest BCUT2D eigenvalue weighted by Gasteiger charge is -2.25. The molecule has 0 bridgehead atoms. The van der Waals surface area contributed by atoms with Crippen LogP contribution < -0.4 is 0 Å². The summed E-state index contributed by atoms with van der Waals surface area (Å²) in [5.41, 5.74) is -0.554. The number of pyridine rings is 1. The Kier molecular flexibility index (Phi) is 5.29. The van der Waals surface area contributed by atoms with E-state index in [4.69, 9.17) is 11.6 Å². The van der Waals surface area contributed by atoms with E-state index in [1.165, 1.54) is 16.2 Å². The van der Waals surface area contributed by atoms with Gasteiger partial charge in [-0.3, -0.25) is 4.40 Å². The molecule has 0 amide bonds. The molecule has 0 N–H and O–H groups in total. The summed E-state index contributed by atoms with van der Waals surface area (Å²) in [5, 5.41) is 8.23. The fraction of sp³-hybridized carbons (Fsp3) is 0.538. The molecule has 1 fully saturated rings. The number of alkyl halides is 3. The van der Waals surface area contributed by atoms with Crippen molar-refractivity contribution in [1.82, 2.24) is 19.5 Å². The third kappa shape index (κ3) is 4.07. The first-order valence-electron chi connectivity index (χ1n) is 6.99. The van der Waals surface area contributed by atoms with Crippen molar-refractivity contribution >= 4 is 40.8 Å². The highest BCUT2D eigenvalue weighted by Gasteiger charge is 2.32. The Morgan fingerprint density at radius 2 is 2.00 bits per heavy atom. The molecule has 4 nitrogen and oxygen atoms in total. The molecule has 10 heteroatoms. The molecule has 0 spiro atoms. The minimum Gasteiger partial charge on any atom is -0.301 e. The molecule has 1 aliphatic rings. The fourth-order valence-corrected chi connectivity index (χ4v) is 4.41. The third-order valence-corrected chi connectivity index (χ3v) is 5.64. The molecular formula is C13H14ClF3N4S2. The molecule has 23 heavy (non-hydrogen) atoms. The maximum atomic E-state index is 12.9. The number of halogens is 4. The highest BCUT2D eigenvalue weighted by atomic mass is 35.5. The number of thioether (sulfide) groups is 2. The Bertz CT molecular complexity index is 686. The van der Waals surface area contributed by atoms with Gasteiger partial charge in [-0.05, 0) is 6.07 Å². The van der Waals surface area contributed by atoms with E-state index in [2.05, 4.69) is 15.1 Å². The van der Waals surface area contributed by atoms with Crippen LogP contribution in [-0.2, 0) is 6.18 Å². The minimum atomic E-state index is -4.45. The van der Waals surface area contributed by atoms with Crippen molar-refractivity contribution in [2.24, 2.45) is 0 Å². The van der Waals surface area contributed by atoms with Crippen LogP contribution in [0.1, 0.15) is 5.56 Å². The number of aromatic nitrogens is 3. The van der Waals surface area contributed by atoms with E-state index in [-0.39, 0.29) is 10.7 Å². The molecule has 2 aromatic heterocycles. The zero-order chi connectivity index (χ0) is 16.4. The van der Waals surface area contributed by atoms with Gasteiger partial charge < -0.3 is 4.90 Å². The molecule has 0 unspecified atom stereocenters. The number of hydrogen-bond acceptors (Lipinski definition) is 5. The first-order valence-corrected chi connectivity index (χ1v) is 9.51. The van der Waals surface area contributed by atoms with E-state index in [9.17, 15) is 13.2 Å². The predicted molar refractivity (Wildman–Crippen MR) is 87.5 cm³/mol. The molecule has 2 aromatic rings. The zero-order valence-electron chi connectivity index (χ0n) is 12.0. The molecule has 3 rings (SSSR count). The summed E-state index contributed by atoms with van der Waals surface area (Å²) < 4.78 is 40.0. The highest BCUT2D eigenvalue weighted by molar-refractivity contribution is 7.99. The first-order chi connectivity index (χ1) is 10.9. The number of nitrogens with zero attached hydrogens (tertiary/aromatic N) is 4. The van der Waals surface area contributed by atoms with Gasteiger partial charge in [0.05, 0.1) is 10.6 Å². The fourth-order valence-electron chi connectivity index (χ4n) is 2.28. The number of fused-ring (bicyclic) bond motifs is 1. The van der Waals surface area contributed by atoms with Gasteiger partial charge >= 0.3 is 6.18 Å². The van der Waals surface area contributed by atoms with Crippen LogP contribution in [0, 0.1) is 0 Å². The average Bonchev–Trinajstić information content (AvgIpc) is 2.91. The molecular weight excluding hydrogens is 369 g/mol. The Balaban J connectivity index is 1.74. The van der Waals surface area contributed by atoms with Gasteiger partial charge in [-0.1, -0.05) is 23.4 Å². The van der Waals surface area contributed by atoms with Crippen molar-refractivity contribution in [3.63, 3.8) is 0 Å². The van der Waals surface area contributed by atoms with Gasteiger partial charge in [-0.25, -0.2) is 0 Å². The van der Waals surface area contributed by atoms with Crippen molar-refractivity contribution in [3.8, 4) is 0 Å². The van der Waals surface area contributed by atoms with Crippen molar-refractivity contribution in [2.45, 2.75) is 11.3 Å². The second-order valence-corrected chi connectivity index (χ2v) is 7.75. The average molecular weight is 383 g/mol. The zero-order valence-corrected chi connectivity index (χ0v) is 14.4. The van der Waals surface area contributed by atoms with Crippen LogP contribution in [0.4, 0.5) is 13.2 Å². The predicted octanol–water partition coefficient (Wildman–Crippen LogP) is 3.54. The standard InChI is InChI=1S/C13H14ClF3N4S2/c14-10-7-9(13(15,16)17)8-21-11(10)18-19-12(21)23-6-3-20-1-4-22-5-2-20/h7-8H,1-6H2. The van der Waals surface area contributed by atoms with Gasteiger partial charge in [0.25, 0.3) is 0 Å². The van der Waals surface area contributed by atoms with Gasteiger partial charge in [0.1, 0.15) is 0 Å². The number of hydrogen-bond donors (Lipinski definition) is 0. The lowest BCUT2D eigenvalue weighted by molar-refractivity contribution is -0.137. The Morgan fingerprint density at radius 3 is 2.70 bits per heavy atom. The van der Waals surface area contributed by atoms with Crippen molar-refractivity contribution < 1.29 is 13.2 Å². The topological polar surface area (TPSA) is 33.4 Å². The lowest BCUT2D eigenvalue weighted by atomic mass is 10.3. The minimum absolute atomic E-state index is 0.0489. The molecule has 3 heterocycles. The molecule has 1 saturated heterocycles. The van der Waals surface area contributed by atoms with Crippen LogP contribution in [0.2, 0.25) is 5.02 Å². The van der Waals surface area contributed by atoms with Gasteiger partial charge in [0.15, 0.2) is 10.8 Å². The number of rotatable bonds is 4. The van der Waals surface area contributed by atoms with E-state index >= 15 is 0 Å². The van der Waals surface area contributed by atoms with E-state index in [0.717, 1.165) is 49.2 Å². The Labute approximate surface area is 144 Å². The lowest BCUT2D eigenvalue weighted by Crippen LogP contribution is -2.34. The normalized spacial score (nSPS) is 17.0. The summed E-state index contributed by atoms with van der Waals surface area (Å²) in [7, 11) is 0. The first kappa shape index (κ1) is 17.2. The smallest absolute Gasteiger partial charge is 0.301 e. The Hall–Kier alpha value is -0.640. The summed E-state index contributed by atoms with van der Waals surface area (Å²) in [6, 6.07) is 0.880. The van der Waals surface area contributed by atoms with Gasteiger partial charge in [0.2, 0.25) is 0 Å². The van der Waals surface area contributed by atoms with E-state index < -0.39 is 11.7 Å². The molecule has 0 atom stereocenters. The third-order valence-electron chi connectivity index (χ3n) is 3.50. The van der Waals surface area contributed by atoms with Gasteiger partial charge in [-0.2, -0.15) is 24.9 Å². The highest BCUT2D eigenvalue weighted by Crippen LogP contribution is 2.33. The molecule has 126 valence electrons. The van der Waals surface area contributed by atoms with E-state index in [1.807, 2.05) is 11.8 Å². The van der Waals surface area contributed by atoms with Crippen LogP contribution in [0.3, 0.4) is 0 Å². The summed E-state index contributed by atoms with van der Waals surface area (Å²) in [5.74, 6) is 3.01. The molecule has 0 aromatic carbocycles. The molecule has 1 aliphatic heterocycles. The maximum absolute atomic E-state index is 12.9. The Morgan fingerprint density at radius 1 is 1.26 bits per heavy atom. The maximum Gasteiger partial charge on any atom is 0.417 e. The quantitative estimate of drug-likeness (QED) is 0.755. The monoisotopic (exact) mass is 382 g/mol. The van der Waals surface area contributed by atoms with Crippen LogP contribution in [-0.4, -0.2) is 56.4 Å². The molecule has 0 radical (unpaired) electrons. The van der Waals surface area contributed by atoms with Gasteiger partial charge in [0, 0.05) is 43.1 Å². The van der Waals surface area contributed by atoms with Gasteiger partial charge in [-0.15, -0.1) is 10.2 Å². The SMILES string of the molecule is FC(F)(F)c1cc(Cl)c2nnc(SCCN3CCSCC3)n2c1. The largest absolute Gasteiger partial charge is 0.417 e. The summed E-state index contributed by atoms with van der Waals surface area (Å²) in [4.78, 5) is 2.35. The molecule has 0 saturated carbocycles. The molecule has 0 aliphatic carbocycles. The van der Waals surface area contributed by atoms with Crippen LogP contribution >= 0.6 is 35.1 Å². The van der Waals surface area contributed by atoms with E-state index in [0.29, 0.717) is 5.16 Å². The summed E-state index contributed by atoms with van der Waals surface area (Å²) >= 11 is 9.23. The van der Waals surface area contributed by atoms with Crippen LogP contribution in [0.25, 0.3) is 5.65 Å².